The van der Waals surface area contributed by atoms with Gasteiger partial charge in [-0.05, 0) is 38.5 Å². The largest absolute Gasteiger partial charge is 0.444 e. The molecule has 1 aromatic carbocycles. The average molecular weight is 519 g/mol. The zero-order chi connectivity index (χ0) is 25.5. The molecule has 0 radical (unpaired) electrons. The number of amides is 3. The van der Waals surface area contributed by atoms with Crippen LogP contribution in [0.5, 0.6) is 0 Å². The van der Waals surface area contributed by atoms with Crippen LogP contribution in [0.25, 0.3) is 0 Å². The molecule has 1 atom stereocenters. The molecule has 10 nitrogen and oxygen atoms in total. The van der Waals surface area contributed by atoms with Gasteiger partial charge >= 0.3 is 23.9 Å². The highest BCUT2D eigenvalue weighted by molar-refractivity contribution is 6.18. The van der Waals surface area contributed by atoms with E-state index >= 15 is 0 Å². The molecule has 1 aliphatic heterocycles. The van der Waals surface area contributed by atoms with Gasteiger partial charge in [0, 0.05) is 37.0 Å². The molecule has 188 valence electrons. The Morgan fingerprint density at radius 1 is 1.09 bits per heavy atom. The van der Waals surface area contributed by atoms with Gasteiger partial charge in [0.2, 0.25) is 0 Å². The lowest BCUT2D eigenvalue weighted by Gasteiger charge is -2.25. The highest BCUT2D eigenvalue weighted by atomic mass is 35.5. The summed E-state index contributed by atoms with van der Waals surface area (Å²) in [6, 6.07) is 5.79. The minimum Gasteiger partial charge on any atom is -0.444 e. The van der Waals surface area contributed by atoms with Crippen molar-refractivity contribution < 1.29 is 38.8 Å². The van der Waals surface area contributed by atoms with E-state index in [0.717, 1.165) is 5.69 Å². The van der Waals surface area contributed by atoms with Gasteiger partial charge in [0.15, 0.2) is 0 Å². The maximum absolute atomic E-state index is 12.8. The van der Waals surface area contributed by atoms with Crippen molar-refractivity contribution in [2.75, 3.05) is 29.7 Å². The number of quaternary nitrogens is 1. The van der Waals surface area contributed by atoms with E-state index in [0.29, 0.717) is 30.4 Å². The number of hydrogen-bond donors (Lipinski definition) is 2. The molecular formula is C22H30Cl2N3O7+. The molecule has 12 heteroatoms. The Morgan fingerprint density at radius 2 is 1.62 bits per heavy atom. The molecule has 0 unspecified atom stereocenters. The molecule has 2 N–H and O–H groups in total. The summed E-state index contributed by atoms with van der Waals surface area (Å²) < 4.78 is 5.21. The number of rotatable bonds is 10. The normalized spacial score (nSPS) is 16.2. The molecule has 1 fully saturated rings. The number of anilines is 1. The Balaban J connectivity index is 2.22. The molecule has 1 saturated heterocycles. The molecule has 0 aliphatic carbocycles. The van der Waals surface area contributed by atoms with Gasteiger partial charge in [-0.15, -0.1) is 23.2 Å². The summed E-state index contributed by atoms with van der Waals surface area (Å²) in [5.41, 5.74) is 0.680. The summed E-state index contributed by atoms with van der Waals surface area (Å²) in [5, 5.41) is 12.7. The van der Waals surface area contributed by atoms with E-state index in [1.807, 2.05) is 17.0 Å². The number of alkyl halides is 2. The lowest BCUT2D eigenvalue weighted by atomic mass is 10.1. The van der Waals surface area contributed by atoms with Gasteiger partial charge in [0.05, 0.1) is 12.8 Å². The Kier molecular flexibility index (Phi) is 9.69. The molecule has 2 rings (SSSR count). The van der Waals surface area contributed by atoms with Crippen LogP contribution in [0.3, 0.4) is 0 Å². The van der Waals surface area contributed by atoms with Crippen LogP contribution in [0.15, 0.2) is 24.3 Å². The first kappa shape index (κ1) is 27.8. The predicted molar refractivity (Wildman–Crippen MR) is 124 cm³/mol. The second kappa shape index (κ2) is 11.8. The first-order chi connectivity index (χ1) is 15.9. The summed E-state index contributed by atoms with van der Waals surface area (Å²) in [5.74, 6) is -2.24. The van der Waals surface area contributed by atoms with Gasteiger partial charge in [0.25, 0.3) is 0 Å². The predicted octanol–water partition coefficient (Wildman–Crippen LogP) is 2.92. The first-order valence-electron chi connectivity index (χ1n) is 10.8. The van der Waals surface area contributed by atoms with Crippen LogP contribution in [-0.2, 0) is 30.4 Å². The van der Waals surface area contributed by atoms with E-state index < -0.39 is 40.3 Å². The lowest BCUT2D eigenvalue weighted by molar-refractivity contribution is -1.12. The molecule has 0 saturated carbocycles. The Bertz CT molecular complexity index is 881. The highest BCUT2D eigenvalue weighted by Gasteiger charge is 2.56. The number of hydroxylamine groups is 4. The first-order valence-corrected chi connectivity index (χ1v) is 11.8. The maximum atomic E-state index is 12.8. The molecule has 0 aromatic heterocycles. The van der Waals surface area contributed by atoms with Crippen molar-refractivity contribution in [1.82, 2.24) is 5.32 Å². The molecule has 0 spiro atoms. The minimum absolute atomic E-state index is 0.0499. The van der Waals surface area contributed by atoms with Crippen molar-refractivity contribution in [2.24, 2.45) is 0 Å². The fraction of sp³-hybridized carbons (Fsp3) is 0.545. The van der Waals surface area contributed by atoms with Crippen LogP contribution in [0.1, 0.15) is 39.2 Å². The summed E-state index contributed by atoms with van der Waals surface area (Å²) in [6.07, 6.45) is -1.46. The fourth-order valence-electron chi connectivity index (χ4n) is 3.25. The van der Waals surface area contributed by atoms with E-state index in [1.54, 1.807) is 32.9 Å². The molecule has 1 aliphatic rings. The van der Waals surface area contributed by atoms with Gasteiger partial charge in [-0.2, -0.15) is 5.21 Å². The number of nitrogens with one attached hydrogen (secondary N) is 1. The molecule has 0 bridgehead atoms. The van der Waals surface area contributed by atoms with E-state index in [4.69, 9.17) is 32.8 Å². The van der Waals surface area contributed by atoms with Crippen LogP contribution in [0.2, 0.25) is 0 Å². The van der Waals surface area contributed by atoms with Crippen molar-refractivity contribution in [1.29, 1.82) is 0 Å². The number of carbonyl (C=O) groups excluding carboxylic acids is 4. The van der Waals surface area contributed by atoms with Crippen molar-refractivity contribution in [2.45, 2.75) is 51.7 Å². The summed E-state index contributed by atoms with van der Waals surface area (Å²) >= 11 is 11.7. The van der Waals surface area contributed by atoms with Gasteiger partial charge in [-0.1, -0.05) is 12.1 Å². The minimum atomic E-state index is -2.07. The second-order valence-corrected chi connectivity index (χ2v) is 9.46. The number of nitrogens with zero attached hydrogens (tertiary/aromatic N) is 2. The lowest BCUT2D eigenvalue weighted by Crippen LogP contribution is -2.55. The summed E-state index contributed by atoms with van der Waals surface area (Å²) in [7, 11) is 0. The number of halogens is 2. The number of hydrogen-bond acceptors (Lipinski definition) is 8. The molecular weight excluding hydrogens is 489 g/mol. The van der Waals surface area contributed by atoms with Gasteiger partial charge in [-0.3, -0.25) is 0 Å². The number of imide groups is 1. The smallest absolute Gasteiger partial charge is 0.408 e. The van der Waals surface area contributed by atoms with Crippen molar-refractivity contribution >= 4 is 52.8 Å². The molecule has 34 heavy (non-hydrogen) atoms. The van der Waals surface area contributed by atoms with Crippen LogP contribution in [-0.4, -0.2) is 70.4 Å². The van der Waals surface area contributed by atoms with E-state index in [1.165, 1.54) is 0 Å². The molecule has 3 amide bonds. The Hall–Kier alpha value is -2.40. The molecule has 1 aromatic rings. The Morgan fingerprint density at radius 3 is 2.09 bits per heavy atom. The van der Waals surface area contributed by atoms with Crippen LogP contribution in [0.4, 0.5) is 10.5 Å². The third kappa shape index (κ3) is 7.56. The topological polar surface area (TPSA) is 122 Å². The average Bonchev–Trinajstić information content (AvgIpc) is 2.99. The summed E-state index contributed by atoms with van der Waals surface area (Å²) in [4.78, 5) is 53.8. The zero-order valence-electron chi connectivity index (χ0n) is 19.4. The molecule has 1 heterocycles. The quantitative estimate of drug-likeness (QED) is 0.210. The van der Waals surface area contributed by atoms with Gasteiger partial charge in [0.1, 0.15) is 16.5 Å². The number of carbonyl (C=O) groups is 4. The number of benzene rings is 1. The van der Waals surface area contributed by atoms with E-state index in [-0.39, 0.29) is 19.3 Å². The SMILES string of the molecule is CC(C)(C)OC(=O)N[C@@H](Cc1ccc(N(CCCl)CCCl)cc1)C(=O)O[N+]1(O)C(=O)CCC1=O. The van der Waals surface area contributed by atoms with Gasteiger partial charge < -0.3 is 15.0 Å². The Labute approximate surface area is 208 Å². The van der Waals surface area contributed by atoms with Gasteiger partial charge in [-0.25, -0.2) is 24.0 Å². The third-order valence-electron chi connectivity index (χ3n) is 4.88. The third-order valence-corrected chi connectivity index (χ3v) is 5.21. The van der Waals surface area contributed by atoms with Crippen molar-refractivity contribution in [3.05, 3.63) is 29.8 Å². The maximum Gasteiger partial charge on any atom is 0.408 e. The summed E-state index contributed by atoms with van der Waals surface area (Å²) in [6.45, 7) is 6.16. The van der Waals surface area contributed by atoms with E-state index in [9.17, 15) is 24.4 Å². The number of ether oxygens (including phenoxy) is 1. The standard InChI is InChI=1S/C22H29Cl2N3O7/c1-22(2,3)33-21(31)25-17(20(30)34-27(32)18(28)8-9-19(27)29)14-15-4-6-16(7-5-15)26(12-10-23)13-11-24/h4-7,17,32H,8-14H2,1-3H3/p+1/t17-/m0/s1. The van der Waals surface area contributed by atoms with Crippen LogP contribution in [0, 0.1) is 0 Å². The van der Waals surface area contributed by atoms with E-state index in [2.05, 4.69) is 5.32 Å². The highest BCUT2D eigenvalue weighted by Crippen LogP contribution is 2.22. The number of alkyl carbamates (subject to hydrolysis) is 1. The second-order valence-electron chi connectivity index (χ2n) is 8.71. The monoisotopic (exact) mass is 518 g/mol. The zero-order valence-corrected chi connectivity index (χ0v) is 20.9. The fourth-order valence-corrected chi connectivity index (χ4v) is 3.66. The van der Waals surface area contributed by atoms with Crippen LogP contribution >= 0.6 is 23.2 Å². The van der Waals surface area contributed by atoms with Crippen molar-refractivity contribution in [3.8, 4) is 0 Å². The van der Waals surface area contributed by atoms with Crippen molar-refractivity contribution in [3.63, 3.8) is 0 Å². The van der Waals surface area contributed by atoms with Crippen LogP contribution < -0.4 is 10.2 Å².